The average Bonchev–Trinajstić information content (AvgIpc) is 3.17. The Morgan fingerprint density at radius 3 is 2.85 bits per heavy atom. The van der Waals surface area contributed by atoms with Crippen LogP contribution in [0.1, 0.15) is 15.9 Å². The van der Waals surface area contributed by atoms with Crippen LogP contribution in [0.15, 0.2) is 42.5 Å². The molecule has 0 saturated carbocycles. The van der Waals surface area contributed by atoms with Gasteiger partial charge in [0.05, 0.1) is 0 Å². The lowest BCUT2D eigenvalue weighted by Crippen LogP contribution is -2.11. The fourth-order valence-electron chi connectivity index (χ4n) is 2.38. The maximum Gasteiger partial charge on any atom is 0.257 e. The first-order valence-electron chi connectivity index (χ1n) is 7.57. The van der Waals surface area contributed by atoms with Crippen LogP contribution in [-0.2, 0) is 0 Å². The molecule has 0 aliphatic heterocycles. The maximum absolute atomic E-state index is 13.8. The Labute approximate surface area is 156 Å². The van der Waals surface area contributed by atoms with Gasteiger partial charge < -0.3 is 0 Å². The normalized spacial score (nSPS) is 11.0. The van der Waals surface area contributed by atoms with Crippen LogP contribution in [0.3, 0.4) is 0 Å². The van der Waals surface area contributed by atoms with Gasteiger partial charge >= 0.3 is 0 Å². The summed E-state index contributed by atoms with van der Waals surface area (Å²) in [4.78, 5) is 12.8. The lowest BCUT2D eigenvalue weighted by molar-refractivity contribution is 0.102. The number of rotatable bonds is 3. The van der Waals surface area contributed by atoms with E-state index in [4.69, 9.17) is 11.6 Å². The topological polar surface area (TPSA) is 72.2 Å². The Balaban J connectivity index is 1.65. The highest BCUT2D eigenvalue weighted by molar-refractivity contribution is 7.20. The van der Waals surface area contributed by atoms with E-state index in [9.17, 15) is 9.18 Å². The lowest BCUT2D eigenvalue weighted by Gasteiger charge is -2.02. The van der Waals surface area contributed by atoms with Crippen molar-refractivity contribution < 1.29 is 9.18 Å². The third kappa shape index (κ3) is 3.04. The molecule has 2 aromatic carbocycles. The minimum Gasteiger partial charge on any atom is -0.296 e. The number of fused-ring (bicyclic) bond motifs is 1. The molecule has 26 heavy (non-hydrogen) atoms. The van der Waals surface area contributed by atoms with Gasteiger partial charge in [-0.2, -0.15) is 4.52 Å². The second kappa shape index (κ2) is 6.47. The zero-order valence-corrected chi connectivity index (χ0v) is 15.0. The van der Waals surface area contributed by atoms with Crippen molar-refractivity contribution in [1.82, 2.24) is 19.8 Å². The number of benzene rings is 2. The summed E-state index contributed by atoms with van der Waals surface area (Å²) >= 11 is 7.07. The molecule has 1 N–H and O–H groups in total. The Morgan fingerprint density at radius 1 is 1.23 bits per heavy atom. The van der Waals surface area contributed by atoms with Gasteiger partial charge in [0.25, 0.3) is 5.91 Å². The van der Waals surface area contributed by atoms with E-state index in [0.717, 1.165) is 0 Å². The van der Waals surface area contributed by atoms with Crippen LogP contribution >= 0.6 is 22.9 Å². The average molecular weight is 388 g/mol. The summed E-state index contributed by atoms with van der Waals surface area (Å²) in [5, 5.41) is 15.9. The number of nitrogens with zero attached hydrogens (tertiary/aromatic N) is 4. The molecule has 0 atom stereocenters. The molecule has 2 heterocycles. The third-order valence-corrected chi connectivity index (χ3v) is 4.78. The van der Waals surface area contributed by atoms with Gasteiger partial charge in [-0.05, 0) is 36.8 Å². The predicted molar refractivity (Wildman–Crippen MR) is 98.2 cm³/mol. The number of anilines is 1. The molecule has 4 rings (SSSR count). The molecule has 0 bridgehead atoms. The smallest absolute Gasteiger partial charge is 0.257 e. The van der Waals surface area contributed by atoms with E-state index < -0.39 is 0 Å². The number of amides is 1. The molecule has 9 heteroatoms. The van der Waals surface area contributed by atoms with Gasteiger partial charge in [-0.1, -0.05) is 41.1 Å². The molecule has 6 nitrogen and oxygen atoms in total. The fourth-order valence-corrected chi connectivity index (χ4v) is 3.30. The van der Waals surface area contributed by atoms with Crippen molar-refractivity contribution in [3.63, 3.8) is 0 Å². The van der Waals surface area contributed by atoms with E-state index >= 15 is 0 Å². The summed E-state index contributed by atoms with van der Waals surface area (Å²) in [6.45, 7) is 1.69. The Bertz CT molecular complexity index is 1140. The Kier molecular flexibility index (Phi) is 4.14. The first-order chi connectivity index (χ1) is 12.5. The van der Waals surface area contributed by atoms with Crippen molar-refractivity contribution in [2.45, 2.75) is 6.92 Å². The van der Waals surface area contributed by atoms with Gasteiger partial charge in [-0.3, -0.25) is 10.1 Å². The van der Waals surface area contributed by atoms with Gasteiger partial charge in [0, 0.05) is 16.1 Å². The summed E-state index contributed by atoms with van der Waals surface area (Å²) < 4.78 is 15.3. The molecule has 4 aromatic rings. The van der Waals surface area contributed by atoms with Crippen molar-refractivity contribution in [3.8, 4) is 11.4 Å². The molecule has 0 fully saturated rings. The number of hydrogen-bond acceptors (Lipinski definition) is 5. The number of aromatic nitrogens is 4. The van der Waals surface area contributed by atoms with Gasteiger partial charge in [-0.25, -0.2) is 4.39 Å². The molecule has 0 aliphatic carbocycles. The number of carbonyl (C=O) groups is 1. The van der Waals surface area contributed by atoms with Crippen molar-refractivity contribution in [2.24, 2.45) is 0 Å². The summed E-state index contributed by atoms with van der Waals surface area (Å²) in [7, 11) is 0. The number of halogens is 2. The van der Waals surface area contributed by atoms with E-state index in [2.05, 4.69) is 20.6 Å². The van der Waals surface area contributed by atoms with E-state index in [0.29, 0.717) is 37.6 Å². The highest BCUT2D eigenvalue weighted by Gasteiger charge is 2.16. The minimum atomic E-state index is -0.333. The van der Waals surface area contributed by atoms with E-state index in [-0.39, 0.29) is 11.7 Å². The van der Waals surface area contributed by atoms with Crippen LogP contribution in [0, 0.1) is 12.7 Å². The standard InChI is InChI=1S/C17H11ClFN5OS/c1-9-5-6-10(8-13(9)19)14-21-22-17-24(14)23-16(26-17)20-15(25)11-3-2-4-12(18)7-11/h2-8H,1H3,(H,20,23,25). The van der Waals surface area contributed by atoms with Crippen LogP contribution in [0.2, 0.25) is 5.02 Å². The molecule has 2 aromatic heterocycles. The summed E-state index contributed by atoms with van der Waals surface area (Å²) in [5.74, 6) is -0.261. The SMILES string of the molecule is Cc1ccc(-c2nnc3sc(NC(=O)c4cccc(Cl)c4)nn23)cc1F. The summed E-state index contributed by atoms with van der Waals surface area (Å²) in [6.07, 6.45) is 0. The van der Waals surface area contributed by atoms with Gasteiger partial charge in [-0.15, -0.1) is 15.3 Å². The summed E-state index contributed by atoms with van der Waals surface area (Å²) in [5.41, 5.74) is 1.52. The van der Waals surface area contributed by atoms with E-state index in [1.54, 1.807) is 43.3 Å². The van der Waals surface area contributed by atoms with Crippen LogP contribution in [-0.4, -0.2) is 25.7 Å². The molecule has 0 radical (unpaired) electrons. The van der Waals surface area contributed by atoms with Gasteiger partial charge in [0.1, 0.15) is 5.82 Å². The third-order valence-electron chi connectivity index (χ3n) is 3.73. The highest BCUT2D eigenvalue weighted by atomic mass is 35.5. The first-order valence-corrected chi connectivity index (χ1v) is 8.76. The number of hydrogen-bond donors (Lipinski definition) is 1. The molecule has 1 amide bonds. The fraction of sp³-hybridized carbons (Fsp3) is 0.0588. The lowest BCUT2D eigenvalue weighted by atomic mass is 10.1. The quantitative estimate of drug-likeness (QED) is 0.571. The molecule has 0 aliphatic rings. The van der Waals surface area contributed by atoms with Crippen LogP contribution in [0.25, 0.3) is 16.3 Å². The zero-order valence-electron chi connectivity index (χ0n) is 13.4. The Morgan fingerprint density at radius 2 is 2.08 bits per heavy atom. The van der Waals surface area contributed by atoms with E-state index in [1.165, 1.54) is 21.9 Å². The summed E-state index contributed by atoms with van der Waals surface area (Å²) in [6, 6.07) is 11.4. The van der Waals surface area contributed by atoms with Gasteiger partial charge in [0.15, 0.2) is 5.82 Å². The second-order valence-electron chi connectivity index (χ2n) is 5.55. The zero-order chi connectivity index (χ0) is 18.3. The van der Waals surface area contributed by atoms with Crippen LogP contribution < -0.4 is 5.32 Å². The first kappa shape index (κ1) is 16.6. The van der Waals surface area contributed by atoms with Crippen molar-refractivity contribution >= 4 is 38.9 Å². The molecular weight excluding hydrogens is 377 g/mol. The minimum absolute atomic E-state index is 0.330. The van der Waals surface area contributed by atoms with Crippen molar-refractivity contribution in [1.29, 1.82) is 0 Å². The van der Waals surface area contributed by atoms with Gasteiger partial charge in [0.2, 0.25) is 10.1 Å². The second-order valence-corrected chi connectivity index (χ2v) is 6.95. The van der Waals surface area contributed by atoms with Crippen LogP contribution in [0.5, 0.6) is 0 Å². The predicted octanol–water partition coefficient (Wildman–Crippen LogP) is 4.21. The van der Waals surface area contributed by atoms with Crippen molar-refractivity contribution in [2.75, 3.05) is 5.32 Å². The number of aryl methyl sites for hydroxylation is 1. The molecule has 0 saturated heterocycles. The molecule has 0 unspecified atom stereocenters. The largest absolute Gasteiger partial charge is 0.296 e. The molecular formula is C17H11ClFN5OS. The monoisotopic (exact) mass is 387 g/mol. The van der Waals surface area contributed by atoms with E-state index in [1.807, 2.05) is 0 Å². The molecule has 130 valence electrons. The maximum atomic E-state index is 13.8. The van der Waals surface area contributed by atoms with Crippen LogP contribution in [0.4, 0.5) is 9.52 Å². The van der Waals surface area contributed by atoms with Crippen molar-refractivity contribution in [3.05, 3.63) is 64.4 Å². The number of carbonyl (C=O) groups excluding carboxylic acids is 1. The number of nitrogens with one attached hydrogen (secondary N) is 1. The molecule has 0 spiro atoms. The highest BCUT2D eigenvalue weighted by Crippen LogP contribution is 2.25. The Hall–Kier alpha value is -2.84.